The number of nitrogens with one attached hydrogen (secondary N) is 1. The number of benzene rings is 3. The minimum Gasteiger partial charge on any atom is -0.454 e. The van der Waals surface area contributed by atoms with E-state index in [2.05, 4.69) is 69.7 Å². The van der Waals surface area contributed by atoms with Crippen molar-refractivity contribution >= 4 is 5.91 Å². The number of carbonyl (C=O) groups excluding carboxylic acids is 1. The first kappa shape index (κ1) is 27.7. The van der Waals surface area contributed by atoms with E-state index in [4.69, 9.17) is 14.2 Å². The van der Waals surface area contributed by atoms with Gasteiger partial charge < -0.3 is 24.4 Å². The molecule has 3 aliphatic heterocycles. The van der Waals surface area contributed by atoms with E-state index < -0.39 is 0 Å². The van der Waals surface area contributed by atoms with Crippen molar-refractivity contribution in [1.82, 2.24) is 20.0 Å². The molecular weight excluding hydrogens is 516 g/mol. The number of hydrogen-bond acceptors (Lipinski definition) is 7. The number of fused-ring (bicyclic) bond motifs is 1. The van der Waals surface area contributed by atoms with Crippen LogP contribution in [0.1, 0.15) is 22.8 Å². The summed E-state index contributed by atoms with van der Waals surface area (Å²) in [5, 5.41) is 3.36. The molecule has 41 heavy (non-hydrogen) atoms. The van der Waals surface area contributed by atoms with Gasteiger partial charge in [0.15, 0.2) is 11.5 Å². The van der Waals surface area contributed by atoms with Crippen molar-refractivity contribution in [3.63, 3.8) is 0 Å². The molecule has 8 heteroatoms. The number of amides is 1. The molecule has 1 atom stereocenters. The summed E-state index contributed by atoms with van der Waals surface area (Å²) in [6.07, 6.45) is 0.583. The second-order valence-electron chi connectivity index (χ2n) is 10.9. The third kappa shape index (κ3) is 6.90. The number of hydrogen-bond donors (Lipinski definition) is 1. The van der Waals surface area contributed by atoms with Gasteiger partial charge in [0.1, 0.15) is 6.10 Å². The van der Waals surface area contributed by atoms with Gasteiger partial charge in [0, 0.05) is 58.9 Å². The molecule has 0 spiro atoms. The summed E-state index contributed by atoms with van der Waals surface area (Å²) >= 11 is 0. The Hall–Kier alpha value is -3.43. The van der Waals surface area contributed by atoms with Gasteiger partial charge in [-0.3, -0.25) is 14.6 Å². The lowest BCUT2D eigenvalue weighted by molar-refractivity contribution is -0.138. The van der Waals surface area contributed by atoms with Gasteiger partial charge in [-0.25, -0.2) is 0 Å². The number of piperazine rings is 2. The summed E-state index contributed by atoms with van der Waals surface area (Å²) in [5.74, 6) is 1.77. The predicted octanol–water partition coefficient (Wildman–Crippen LogP) is 3.18. The Labute approximate surface area is 242 Å². The van der Waals surface area contributed by atoms with Gasteiger partial charge in [0.05, 0.1) is 12.6 Å². The topological polar surface area (TPSA) is 66.5 Å². The molecule has 1 amide bonds. The van der Waals surface area contributed by atoms with Crippen LogP contribution in [0.4, 0.5) is 0 Å². The Morgan fingerprint density at radius 1 is 0.805 bits per heavy atom. The van der Waals surface area contributed by atoms with Crippen molar-refractivity contribution in [1.29, 1.82) is 0 Å². The molecule has 1 unspecified atom stereocenters. The van der Waals surface area contributed by atoms with Gasteiger partial charge in [-0.1, -0.05) is 66.7 Å². The van der Waals surface area contributed by atoms with Crippen molar-refractivity contribution in [3.05, 3.63) is 95.6 Å². The maximum absolute atomic E-state index is 13.8. The van der Waals surface area contributed by atoms with Crippen LogP contribution in [0.2, 0.25) is 0 Å². The molecule has 3 heterocycles. The van der Waals surface area contributed by atoms with E-state index in [1.165, 1.54) is 11.1 Å². The van der Waals surface area contributed by atoms with Crippen LogP contribution in [-0.4, -0.2) is 99.0 Å². The molecule has 2 saturated heterocycles. The van der Waals surface area contributed by atoms with Gasteiger partial charge in [0.25, 0.3) is 0 Å². The first-order chi connectivity index (χ1) is 20.2. The molecule has 3 aromatic rings. The lowest BCUT2D eigenvalue weighted by atomic mass is 10.0. The number of carbonyl (C=O) groups is 1. The van der Waals surface area contributed by atoms with Crippen molar-refractivity contribution < 1.29 is 19.0 Å². The Balaban J connectivity index is 1.07. The van der Waals surface area contributed by atoms with Gasteiger partial charge in [0.2, 0.25) is 12.7 Å². The monoisotopic (exact) mass is 556 g/mol. The lowest BCUT2D eigenvalue weighted by Crippen LogP contribution is -2.58. The van der Waals surface area contributed by atoms with E-state index in [9.17, 15) is 4.79 Å². The van der Waals surface area contributed by atoms with E-state index >= 15 is 0 Å². The van der Waals surface area contributed by atoms with Crippen LogP contribution >= 0.6 is 0 Å². The van der Waals surface area contributed by atoms with E-state index in [0.29, 0.717) is 13.0 Å². The van der Waals surface area contributed by atoms with Crippen molar-refractivity contribution in [3.8, 4) is 11.5 Å². The number of nitrogens with zero attached hydrogens (tertiary/aromatic N) is 3. The molecule has 216 valence electrons. The zero-order valence-corrected chi connectivity index (χ0v) is 23.6. The average Bonchev–Trinajstić information content (AvgIpc) is 3.51. The Morgan fingerprint density at radius 2 is 1.46 bits per heavy atom. The van der Waals surface area contributed by atoms with E-state index in [-0.39, 0.29) is 24.8 Å². The SMILES string of the molecule is O=C(C(Cc1ccc2c(c1)OCO2)N1CCN(CCOC(c2ccccc2)c2ccccc2)CC1)N1CCNCC1. The smallest absolute Gasteiger partial charge is 0.240 e. The minimum absolute atomic E-state index is 0.0820. The van der Waals surface area contributed by atoms with Crippen molar-refractivity contribution in [2.24, 2.45) is 0 Å². The zero-order valence-electron chi connectivity index (χ0n) is 23.6. The fraction of sp³-hybridized carbons (Fsp3) is 0.424. The van der Waals surface area contributed by atoms with Crippen molar-refractivity contribution in [2.45, 2.75) is 18.6 Å². The van der Waals surface area contributed by atoms with Crippen LogP contribution < -0.4 is 14.8 Å². The quantitative estimate of drug-likeness (QED) is 0.412. The molecule has 6 rings (SSSR count). The molecule has 2 fully saturated rings. The van der Waals surface area contributed by atoms with Gasteiger partial charge in [-0.15, -0.1) is 0 Å². The van der Waals surface area contributed by atoms with Crippen LogP contribution in [0.15, 0.2) is 78.9 Å². The highest BCUT2D eigenvalue weighted by atomic mass is 16.7. The molecule has 0 aromatic heterocycles. The highest BCUT2D eigenvalue weighted by molar-refractivity contribution is 5.82. The molecule has 1 N–H and O–H groups in total. The molecule has 0 aliphatic carbocycles. The summed E-state index contributed by atoms with van der Waals surface area (Å²) in [7, 11) is 0. The molecule has 0 saturated carbocycles. The molecular formula is C33H40N4O4. The number of ether oxygens (including phenoxy) is 3. The van der Waals surface area contributed by atoms with Crippen LogP contribution in [0, 0.1) is 0 Å². The molecule has 3 aliphatic rings. The largest absolute Gasteiger partial charge is 0.454 e. The summed E-state index contributed by atoms with van der Waals surface area (Å²) in [6.45, 7) is 8.53. The second kappa shape index (κ2) is 13.5. The third-order valence-corrected chi connectivity index (χ3v) is 8.32. The predicted molar refractivity (Wildman–Crippen MR) is 158 cm³/mol. The van der Waals surface area contributed by atoms with Crippen LogP contribution in [0.3, 0.4) is 0 Å². The zero-order chi connectivity index (χ0) is 27.9. The normalized spacial score (nSPS) is 18.5. The fourth-order valence-corrected chi connectivity index (χ4v) is 6.00. The number of rotatable bonds is 10. The maximum Gasteiger partial charge on any atom is 0.240 e. The van der Waals surface area contributed by atoms with Crippen molar-refractivity contribution in [2.75, 3.05) is 72.3 Å². The first-order valence-electron chi connectivity index (χ1n) is 14.8. The van der Waals surface area contributed by atoms with Gasteiger partial charge >= 0.3 is 0 Å². The van der Waals surface area contributed by atoms with E-state index in [1.54, 1.807) is 0 Å². The van der Waals surface area contributed by atoms with Crippen LogP contribution in [0.25, 0.3) is 0 Å². The highest BCUT2D eigenvalue weighted by Gasteiger charge is 2.33. The Bertz CT molecular complexity index is 1220. The van der Waals surface area contributed by atoms with E-state index in [0.717, 1.165) is 76.0 Å². The van der Waals surface area contributed by atoms with Crippen LogP contribution in [0.5, 0.6) is 11.5 Å². The maximum atomic E-state index is 13.8. The first-order valence-corrected chi connectivity index (χ1v) is 14.8. The standard InChI is InChI=1S/C33H40N4O4/c38-33(37-15-13-34-14-16-37)29(23-26-11-12-30-31(24-26)41-25-40-30)36-19-17-35(18-20-36)21-22-39-32(27-7-3-1-4-8-27)28-9-5-2-6-10-28/h1-12,24,29,32,34H,13-23,25H2. The Kier molecular flexibility index (Phi) is 9.12. The Morgan fingerprint density at radius 3 is 2.15 bits per heavy atom. The third-order valence-electron chi connectivity index (χ3n) is 8.32. The summed E-state index contributed by atoms with van der Waals surface area (Å²) in [4.78, 5) is 20.7. The summed E-state index contributed by atoms with van der Waals surface area (Å²) in [5.41, 5.74) is 3.44. The second-order valence-corrected chi connectivity index (χ2v) is 10.9. The van der Waals surface area contributed by atoms with Gasteiger partial charge in [-0.2, -0.15) is 0 Å². The van der Waals surface area contributed by atoms with E-state index in [1.807, 2.05) is 29.2 Å². The van der Waals surface area contributed by atoms with Crippen LogP contribution in [-0.2, 0) is 16.0 Å². The minimum atomic E-state index is -0.188. The molecule has 3 aromatic carbocycles. The average molecular weight is 557 g/mol. The fourth-order valence-electron chi connectivity index (χ4n) is 6.00. The highest BCUT2D eigenvalue weighted by Crippen LogP contribution is 2.33. The summed E-state index contributed by atoms with van der Waals surface area (Å²) in [6, 6.07) is 26.7. The van der Waals surface area contributed by atoms with Gasteiger partial charge in [-0.05, 0) is 35.2 Å². The molecule has 8 nitrogen and oxygen atoms in total. The summed E-state index contributed by atoms with van der Waals surface area (Å²) < 4.78 is 17.6. The molecule has 0 bridgehead atoms. The lowest BCUT2D eigenvalue weighted by Gasteiger charge is -2.41. The molecule has 0 radical (unpaired) electrons.